The number of ether oxygens (including phenoxy) is 1. The molecule has 0 aliphatic carbocycles. The number of benzene rings is 1. The average Bonchev–Trinajstić information content (AvgIpc) is 2.26. The second kappa shape index (κ2) is 4.97. The predicted octanol–water partition coefficient (Wildman–Crippen LogP) is 4.32. The SMILES string of the molecule is C=CCOc1ccnc2c(Br)cc(Br)cc12. The standard InChI is InChI=1S/C12H9Br2NO/c1-2-5-16-11-3-4-15-12-9(11)6-8(13)7-10(12)14/h2-4,6-7H,1,5H2. The zero-order valence-corrected chi connectivity index (χ0v) is 11.6. The van der Waals surface area contributed by atoms with Gasteiger partial charge in [0.1, 0.15) is 12.4 Å². The molecule has 0 radical (unpaired) electrons. The van der Waals surface area contributed by atoms with Crippen LogP contribution in [0.15, 0.2) is 46.0 Å². The van der Waals surface area contributed by atoms with Crippen molar-refractivity contribution in [2.24, 2.45) is 0 Å². The van der Waals surface area contributed by atoms with Crippen LogP contribution in [0.4, 0.5) is 0 Å². The Hall–Kier alpha value is -0.870. The van der Waals surface area contributed by atoms with E-state index in [1.807, 2.05) is 18.2 Å². The summed E-state index contributed by atoms with van der Waals surface area (Å²) in [5, 5.41) is 0.977. The maximum Gasteiger partial charge on any atom is 0.130 e. The quantitative estimate of drug-likeness (QED) is 0.775. The Balaban J connectivity index is 2.61. The lowest BCUT2D eigenvalue weighted by molar-refractivity contribution is 0.367. The molecule has 0 fully saturated rings. The number of rotatable bonds is 3. The summed E-state index contributed by atoms with van der Waals surface area (Å²) in [5.74, 6) is 0.812. The lowest BCUT2D eigenvalue weighted by atomic mass is 10.2. The summed E-state index contributed by atoms with van der Waals surface area (Å²) in [6, 6.07) is 5.81. The van der Waals surface area contributed by atoms with E-state index in [0.717, 1.165) is 25.6 Å². The third-order valence-corrected chi connectivity index (χ3v) is 3.14. The Labute approximate surface area is 111 Å². The molecule has 1 aromatic carbocycles. The fourth-order valence-electron chi connectivity index (χ4n) is 1.43. The molecule has 0 saturated carbocycles. The molecule has 0 N–H and O–H groups in total. The highest BCUT2D eigenvalue weighted by atomic mass is 79.9. The first-order valence-electron chi connectivity index (χ1n) is 4.70. The molecule has 0 saturated heterocycles. The van der Waals surface area contributed by atoms with E-state index >= 15 is 0 Å². The first kappa shape index (κ1) is 11.6. The maximum atomic E-state index is 5.58. The minimum Gasteiger partial charge on any atom is -0.489 e. The fraction of sp³-hybridized carbons (Fsp3) is 0.0833. The largest absolute Gasteiger partial charge is 0.489 e. The Bertz CT molecular complexity index is 540. The van der Waals surface area contributed by atoms with Gasteiger partial charge in [-0.05, 0) is 34.1 Å². The molecule has 0 atom stereocenters. The topological polar surface area (TPSA) is 22.1 Å². The van der Waals surface area contributed by atoms with E-state index in [2.05, 4.69) is 43.4 Å². The highest BCUT2D eigenvalue weighted by Gasteiger charge is 2.07. The molecule has 0 unspecified atom stereocenters. The molecular formula is C12H9Br2NO. The molecule has 0 bridgehead atoms. The summed E-state index contributed by atoms with van der Waals surface area (Å²) in [6.07, 6.45) is 3.46. The van der Waals surface area contributed by atoms with Crippen molar-refractivity contribution in [2.75, 3.05) is 6.61 Å². The second-order valence-electron chi connectivity index (χ2n) is 3.19. The van der Waals surface area contributed by atoms with Gasteiger partial charge >= 0.3 is 0 Å². The molecule has 0 aliphatic heterocycles. The van der Waals surface area contributed by atoms with Crippen LogP contribution < -0.4 is 4.74 Å². The molecule has 2 aromatic rings. The Morgan fingerprint density at radius 2 is 2.19 bits per heavy atom. The number of fused-ring (bicyclic) bond motifs is 1. The summed E-state index contributed by atoms with van der Waals surface area (Å²) < 4.78 is 7.51. The smallest absolute Gasteiger partial charge is 0.130 e. The van der Waals surface area contributed by atoms with Crippen LogP contribution >= 0.6 is 31.9 Å². The molecular weight excluding hydrogens is 334 g/mol. The minimum atomic E-state index is 0.489. The van der Waals surface area contributed by atoms with E-state index in [9.17, 15) is 0 Å². The molecule has 0 spiro atoms. The summed E-state index contributed by atoms with van der Waals surface area (Å²) in [5.41, 5.74) is 0.893. The highest BCUT2D eigenvalue weighted by molar-refractivity contribution is 9.11. The molecule has 82 valence electrons. The van der Waals surface area contributed by atoms with Gasteiger partial charge in [-0.2, -0.15) is 0 Å². The van der Waals surface area contributed by atoms with E-state index in [-0.39, 0.29) is 0 Å². The lowest BCUT2D eigenvalue weighted by Crippen LogP contribution is -1.94. The van der Waals surface area contributed by atoms with Crippen molar-refractivity contribution in [3.63, 3.8) is 0 Å². The summed E-state index contributed by atoms with van der Waals surface area (Å²) in [4.78, 5) is 4.32. The normalized spacial score (nSPS) is 10.4. The van der Waals surface area contributed by atoms with Crippen LogP contribution in [0.1, 0.15) is 0 Å². The zero-order valence-electron chi connectivity index (χ0n) is 8.41. The van der Waals surface area contributed by atoms with Crippen LogP contribution in [-0.2, 0) is 0 Å². The van der Waals surface area contributed by atoms with Crippen LogP contribution in [0, 0.1) is 0 Å². The van der Waals surface area contributed by atoms with Crippen LogP contribution in [0.5, 0.6) is 5.75 Å². The van der Waals surface area contributed by atoms with E-state index in [4.69, 9.17) is 4.74 Å². The van der Waals surface area contributed by atoms with Crippen LogP contribution in [0.2, 0.25) is 0 Å². The third kappa shape index (κ3) is 2.28. The molecule has 0 aliphatic rings. The van der Waals surface area contributed by atoms with Crippen LogP contribution in [-0.4, -0.2) is 11.6 Å². The number of hydrogen-bond donors (Lipinski definition) is 0. The molecule has 2 nitrogen and oxygen atoms in total. The summed E-state index contributed by atoms with van der Waals surface area (Å²) in [7, 11) is 0. The van der Waals surface area contributed by atoms with Gasteiger partial charge in [0.05, 0.1) is 5.52 Å². The van der Waals surface area contributed by atoms with E-state index in [1.165, 1.54) is 0 Å². The van der Waals surface area contributed by atoms with Gasteiger partial charge in [-0.3, -0.25) is 4.98 Å². The summed E-state index contributed by atoms with van der Waals surface area (Å²) >= 11 is 6.93. The lowest BCUT2D eigenvalue weighted by Gasteiger charge is -2.08. The number of nitrogens with zero attached hydrogens (tertiary/aromatic N) is 1. The zero-order chi connectivity index (χ0) is 11.5. The van der Waals surface area contributed by atoms with Crippen molar-refractivity contribution in [2.45, 2.75) is 0 Å². The Morgan fingerprint density at radius 1 is 1.38 bits per heavy atom. The van der Waals surface area contributed by atoms with Gasteiger partial charge in [0.2, 0.25) is 0 Å². The predicted molar refractivity (Wildman–Crippen MR) is 72.8 cm³/mol. The molecule has 16 heavy (non-hydrogen) atoms. The molecule has 2 rings (SSSR count). The van der Waals surface area contributed by atoms with Gasteiger partial charge in [0, 0.05) is 20.5 Å². The highest BCUT2D eigenvalue weighted by Crippen LogP contribution is 2.32. The van der Waals surface area contributed by atoms with Crippen molar-refractivity contribution in [1.82, 2.24) is 4.98 Å². The van der Waals surface area contributed by atoms with Crippen molar-refractivity contribution < 1.29 is 4.74 Å². The third-order valence-electron chi connectivity index (χ3n) is 2.08. The average molecular weight is 343 g/mol. The Kier molecular flexibility index (Phi) is 3.61. The fourth-order valence-corrected chi connectivity index (χ4v) is 2.76. The van der Waals surface area contributed by atoms with Gasteiger partial charge in [-0.1, -0.05) is 28.6 Å². The van der Waals surface area contributed by atoms with Crippen molar-refractivity contribution >= 4 is 42.8 Å². The number of pyridine rings is 1. The molecule has 4 heteroatoms. The minimum absolute atomic E-state index is 0.489. The second-order valence-corrected chi connectivity index (χ2v) is 4.96. The van der Waals surface area contributed by atoms with Gasteiger partial charge < -0.3 is 4.74 Å². The first-order valence-corrected chi connectivity index (χ1v) is 6.28. The molecule has 0 amide bonds. The number of aromatic nitrogens is 1. The van der Waals surface area contributed by atoms with Gasteiger partial charge in [0.15, 0.2) is 0 Å². The van der Waals surface area contributed by atoms with Crippen LogP contribution in [0.25, 0.3) is 10.9 Å². The number of halogens is 2. The summed E-state index contributed by atoms with van der Waals surface area (Å²) in [6.45, 7) is 4.12. The number of hydrogen-bond acceptors (Lipinski definition) is 2. The van der Waals surface area contributed by atoms with Crippen molar-refractivity contribution in [3.05, 3.63) is 46.0 Å². The molecule has 1 aromatic heterocycles. The van der Waals surface area contributed by atoms with E-state index in [0.29, 0.717) is 6.61 Å². The monoisotopic (exact) mass is 341 g/mol. The van der Waals surface area contributed by atoms with Gasteiger partial charge in [-0.25, -0.2) is 0 Å². The van der Waals surface area contributed by atoms with Gasteiger partial charge in [0.25, 0.3) is 0 Å². The molecule has 1 heterocycles. The van der Waals surface area contributed by atoms with E-state index < -0.39 is 0 Å². The first-order chi connectivity index (χ1) is 7.72. The van der Waals surface area contributed by atoms with Crippen LogP contribution in [0.3, 0.4) is 0 Å². The van der Waals surface area contributed by atoms with Gasteiger partial charge in [-0.15, -0.1) is 0 Å². The van der Waals surface area contributed by atoms with Crippen molar-refractivity contribution in [1.29, 1.82) is 0 Å². The van der Waals surface area contributed by atoms with Crippen molar-refractivity contribution in [3.8, 4) is 5.75 Å². The Morgan fingerprint density at radius 3 is 2.94 bits per heavy atom. The maximum absolute atomic E-state index is 5.58. The van der Waals surface area contributed by atoms with E-state index in [1.54, 1.807) is 12.3 Å².